The molecule has 0 bridgehead atoms. The summed E-state index contributed by atoms with van der Waals surface area (Å²) in [6.45, 7) is 2.46. The average molecular weight is 354 g/mol. The quantitative estimate of drug-likeness (QED) is 0.581. The number of unbranched alkanes of at least 4 members (excludes halogenated alkanes) is 1. The second kappa shape index (κ2) is 6.35. The first-order valence-electron chi connectivity index (χ1n) is 4.87. The van der Waals surface area contributed by atoms with Crippen LogP contribution in [0, 0.1) is 5.82 Å². The summed E-state index contributed by atoms with van der Waals surface area (Å²) in [5.74, 6) is -0.536. The molecule has 1 aromatic rings. The Kier molecular flexibility index (Phi) is 5.41. The molecule has 0 N–H and O–H groups in total. The van der Waals surface area contributed by atoms with Gasteiger partial charge in [0.1, 0.15) is 0 Å². The minimum Gasteiger partial charge on any atom is -0.489 e. The molecule has 0 atom stereocenters. The van der Waals surface area contributed by atoms with Crippen LogP contribution in [0.25, 0.3) is 0 Å². The number of aldehydes is 1. The highest BCUT2D eigenvalue weighted by atomic mass is 79.9. The van der Waals surface area contributed by atoms with E-state index in [1.165, 1.54) is 0 Å². The zero-order valence-electron chi connectivity index (χ0n) is 8.73. The highest BCUT2D eigenvalue weighted by Crippen LogP contribution is 2.34. The molecule has 0 amide bonds. The van der Waals surface area contributed by atoms with Crippen LogP contribution < -0.4 is 4.74 Å². The maximum atomic E-state index is 13.8. The van der Waals surface area contributed by atoms with E-state index in [2.05, 4.69) is 31.9 Å². The highest BCUT2D eigenvalue weighted by Gasteiger charge is 2.16. The van der Waals surface area contributed by atoms with Gasteiger partial charge in [0.15, 0.2) is 17.9 Å². The Balaban J connectivity index is 3.03. The first-order valence-corrected chi connectivity index (χ1v) is 6.45. The molecule has 0 aliphatic carbocycles. The molecular formula is C11H11Br2FO2. The molecule has 0 saturated heterocycles. The highest BCUT2D eigenvalue weighted by molar-refractivity contribution is 9.11. The van der Waals surface area contributed by atoms with Gasteiger partial charge in [0.2, 0.25) is 0 Å². The minimum atomic E-state index is -0.632. The van der Waals surface area contributed by atoms with E-state index in [0.29, 0.717) is 21.8 Å². The molecule has 0 aliphatic heterocycles. The lowest BCUT2D eigenvalue weighted by Crippen LogP contribution is -2.02. The summed E-state index contributed by atoms with van der Waals surface area (Å²) < 4.78 is 20.0. The summed E-state index contributed by atoms with van der Waals surface area (Å²) in [5.41, 5.74) is -0.0188. The number of hydrogen-bond donors (Lipinski definition) is 0. The number of hydrogen-bond acceptors (Lipinski definition) is 2. The lowest BCUT2D eigenvalue weighted by atomic mass is 10.2. The number of carbonyl (C=O) groups excluding carboxylic acids is 1. The molecule has 1 rings (SSSR count). The van der Waals surface area contributed by atoms with Crippen molar-refractivity contribution in [3.8, 4) is 5.75 Å². The van der Waals surface area contributed by atoms with Crippen LogP contribution in [0.15, 0.2) is 15.0 Å². The molecular weight excluding hydrogens is 343 g/mol. The zero-order valence-corrected chi connectivity index (χ0v) is 11.9. The molecule has 0 aromatic heterocycles. The lowest BCUT2D eigenvalue weighted by molar-refractivity contribution is 0.111. The first-order chi connectivity index (χ1) is 7.61. The van der Waals surface area contributed by atoms with Crippen LogP contribution in [0.4, 0.5) is 4.39 Å². The van der Waals surface area contributed by atoms with E-state index in [9.17, 15) is 9.18 Å². The first kappa shape index (κ1) is 13.6. The normalized spacial score (nSPS) is 10.2. The summed E-state index contributed by atoms with van der Waals surface area (Å²) in [6, 6.07) is 1.61. The largest absolute Gasteiger partial charge is 0.489 e. The molecule has 88 valence electrons. The monoisotopic (exact) mass is 352 g/mol. The van der Waals surface area contributed by atoms with Gasteiger partial charge < -0.3 is 4.74 Å². The lowest BCUT2D eigenvalue weighted by Gasteiger charge is -2.11. The van der Waals surface area contributed by atoms with Gasteiger partial charge in [-0.05, 0) is 44.3 Å². The maximum absolute atomic E-state index is 13.8. The standard InChI is InChI=1S/C11H11Br2FO2/c1-2-3-4-16-11-9(13)5-8(12)7(6-15)10(11)14/h5-6H,2-4H2,1H3. The Hall–Kier alpha value is -0.420. The fourth-order valence-electron chi connectivity index (χ4n) is 1.15. The van der Waals surface area contributed by atoms with E-state index >= 15 is 0 Å². The Morgan fingerprint density at radius 1 is 1.44 bits per heavy atom. The van der Waals surface area contributed by atoms with Gasteiger partial charge in [0.25, 0.3) is 0 Å². The van der Waals surface area contributed by atoms with Crippen LogP contribution in [-0.4, -0.2) is 12.9 Å². The molecule has 0 spiro atoms. The number of halogens is 3. The second-order valence-electron chi connectivity index (χ2n) is 3.22. The van der Waals surface area contributed by atoms with Gasteiger partial charge in [-0.2, -0.15) is 0 Å². The predicted octanol–water partition coefficient (Wildman–Crippen LogP) is 4.34. The Labute approximate surface area is 110 Å². The van der Waals surface area contributed by atoms with E-state index in [4.69, 9.17) is 4.74 Å². The van der Waals surface area contributed by atoms with Crippen molar-refractivity contribution in [1.29, 1.82) is 0 Å². The smallest absolute Gasteiger partial charge is 0.177 e. The Morgan fingerprint density at radius 3 is 2.69 bits per heavy atom. The fourth-order valence-corrected chi connectivity index (χ4v) is 2.47. The van der Waals surface area contributed by atoms with Gasteiger partial charge in [0.05, 0.1) is 16.6 Å². The van der Waals surface area contributed by atoms with Gasteiger partial charge in [0, 0.05) is 4.47 Å². The maximum Gasteiger partial charge on any atom is 0.177 e. The van der Waals surface area contributed by atoms with Crippen LogP contribution in [-0.2, 0) is 0 Å². The second-order valence-corrected chi connectivity index (χ2v) is 4.93. The molecule has 0 heterocycles. The predicted molar refractivity (Wildman–Crippen MR) is 67.6 cm³/mol. The third-order valence-corrected chi connectivity index (χ3v) is 3.27. The molecule has 0 fully saturated rings. The van der Waals surface area contributed by atoms with Crippen molar-refractivity contribution in [2.75, 3.05) is 6.61 Å². The minimum absolute atomic E-state index is 0.0188. The molecule has 16 heavy (non-hydrogen) atoms. The molecule has 0 radical (unpaired) electrons. The molecule has 1 aromatic carbocycles. The van der Waals surface area contributed by atoms with E-state index in [-0.39, 0.29) is 11.3 Å². The third-order valence-electron chi connectivity index (χ3n) is 2.03. The number of carbonyl (C=O) groups is 1. The van der Waals surface area contributed by atoms with Crippen molar-refractivity contribution < 1.29 is 13.9 Å². The van der Waals surface area contributed by atoms with Crippen molar-refractivity contribution in [3.05, 3.63) is 26.4 Å². The van der Waals surface area contributed by atoms with Crippen LogP contribution in [0.1, 0.15) is 30.1 Å². The third kappa shape index (κ3) is 3.04. The molecule has 2 nitrogen and oxygen atoms in total. The Morgan fingerprint density at radius 2 is 2.12 bits per heavy atom. The molecule has 0 aliphatic rings. The van der Waals surface area contributed by atoms with Gasteiger partial charge in [-0.25, -0.2) is 4.39 Å². The fraction of sp³-hybridized carbons (Fsp3) is 0.364. The van der Waals surface area contributed by atoms with Crippen LogP contribution >= 0.6 is 31.9 Å². The summed E-state index contributed by atoms with van der Waals surface area (Å²) in [7, 11) is 0. The number of ether oxygens (including phenoxy) is 1. The van der Waals surface area contributed by atoms with Crippen LogP contribution in [0.5, 0.6) is 5.75 Å². The van der Waals surface area contributed by atoms with E-state index in [0.717, 1.165) is 12.8 Å². The zero-order chi connectivity index (χ0) is 12.1. The van der Waals surface area contributed by atoms with Gasteiger partial charge >= 0.3 is 0 Å². The number of rotatable bonds is 5. The topological polar surface area (TPSA) is 26.3 Å². The van der Waals surface area contributed by atoms with E-state index in [1.807, 2.05) is 6.92 Å². The summed E-state index contributed by atoms with van der Waals surface area (Å²) in [4.78, 5) is 10.7. The molecule has 5 heteroatoms. The molecule has 0 unspecified atom stereocenters. The SMILES string of the molecule is CCCCOc1c(Br)cc(Br)c(C=O)c1F. The molecule has 0 saturated carbocycles. The average Bonchev–Trinajstić information content (AvgIpc) is 2.23. The number of benzene rings is 1. The summed E-state index contributed by atoms with van der Waals surface area (Å²) >= 11 is 6.32. The van der Waals surface area contributed by atoms with E-state index in [1.54, 1.807) is 6.07 Å². The van der Waals surface area contributed by atoms with Crippen molar-refractivity contribution in [2.24, 2.45) is 0 Å². The van der Waals surface area contributed by atoms with Gasteiger partial charge in [-0.3, -0.25) is 4.79 Å². The van der Waals surface area contributed by atoms with E-state index < -0.39 is 5.82 Å². The van der Waals surface area contributed by atoms with Crippen LogP contribution in [0.2, 0.25) is 0 Å². The van der Waals surface area contributed by atoms with Crippen molar-refractivity contribution in [1.82, 2.24) is 0 Å². The van der Waals surface area contributed by atoms with Gasteiger partial charge in [-0.1, -0.05) is 13.3 Å². The van der Waals surface area contributed by atoms with Crippen molar-refractivity contribution in [2.45, 2.75) is 19.8 Å². The van der Waals surface area contributed by atoms with Crippen LogP contribution in [0.3, 0.4) is 0 Å². The Bertz CT molecular complexity index is 394. The summed E-state index contributed by atoms with van der Waals surface area (Å²) in [6.07, 6.45) is 2.28. The van der Waals surface area contributed by atoms with Crippen molar-refractivity contribution in [3.63, 3.8) is 0 Å². The summed E-state index contributed by atoms with van der Waals surface area (Å²) in [5, 5.41) is 0. The van der Waals surface area contributed by atoms with Crippen molar-refractivity contribution >= 4 is 38.1 Å². The van der Waals surface area contributed by atoms with Gasteiger partial charge in [-0.15, -0.1) is 0 Å².